The lowest BCUT2D eigenvalue weighted by molar-refractivity contribution is -0.131. The van der Waals surface area contributed by atoms with Crippen LogP contribution < -0.4 is 16.6 Å². The number of hydrazine groups is 1. The van der Waals surface area contributed by atoms with Crippen LogP contribution in [-0.2, 0) is 11.3 Å². The Balaban J connectivity index is 1.71. The lowest BCUT2D eigenvalue weighted by Crippen LogP contribution is -2.50. The topological polar surface area (TPSA) is 87.4 Å². The van der Waals surface area contributed by atoms with Gasteiger partial charge < -0.3 is 10.8 Å². The largest absolute Gasteiger partial charge is 0.382 e. The van der Waals surface area contributed by atoms with E-state index in [-0.39, 0.29) is 0 Å². The molecule has 2 unspecified atom stereocenters. The average Bonchev–Trinajstić information content (AvgIpc) is 2.55. The highest BCUT2D eigenvalue weighted by atomic mass is 35.5. The summed E-state index contributed by atoms with van der Waals surface area (Å²) in [5, 5.41) is 10.7. The van der Waals surface area contributed by atoms with Crippen LogP contribution in [0.1, 0.15) is 44.1 Å². The third kappa shape index (κ3) is 6.11. The van der Waals surface area contributed by atoms with Crippen LogP contribution in [0.25, 0.3) is 0 Å². The third-order valence-corrected chi connectivity index (χ3v) is 4.63. The summed E-state index contributed by atoms with van der Waals surface area (Å²) in [7, 11) is 0. The quantitative estimate of drug-likeness (QED) is 0.573. The molecule has 5 N–H and O–H groups in total. The van der Waals surface area contributed by atoms with Crippen LogP contribution in [0.3, 0.4) is 0 Å². The van der Waals surface area contributed by atoms with E-state index in [1.165, 1.54) is 19.3 Å². The third-order valence-electron chi connectivity index (χ3n) is 4.40. The standard InChI is InChI=1S/C17H26ClN3O2/c18-14-8-4-7-13(9-14)11-20-21-17(23)16(22)15(19)10-12-5-2-1-3-6-12/h4,7-9,12,15-16,20,22H,1-3,5-6,10-11,19H2,(H,21,23). The average molecular weight is 340 g/mol. The number of carbonyl (C=O) groups is 1. The summed E-state index contributed by atoms with van der Waals surface area (Å²) in [5.41, 5.74) is 12.2. The SMILES string of the molecule is NC(CC1CCCCC1)C(O)C(=O)NNCc1cccc(Cl)c1. The van der Waals surface area contributed by atoms with Crippen molar-refractivity contribution in [2.45, 2.75) is 57.2 Å². The van der Waals surface area contributed by atoms with Crippen molar-refractivity contribution >= 4 is 17.5 Å². The molecule has 1 saturated carbocycles. The summed E-state index contributed by atoms with van der Waals surface area (Å²) >= 11 is 5.90. The van der Waals surface area contributed by atoms with Crippen LogP contribution in [0.2, 0.25) is 5.02 Å². The molecule has 0 aliphatic heterocycles. The minimum absolute atomic E-state index is 0.427. The van der Waals surface area contributed by atoms with Crippen molar-refractivity contribution < 1.29 is 9.90 Å². The highest BCUT2D eigenvalue weighted by molar-refractivity contribution is 6.30. The molecule has 0 saturated heterocycles. The van der Waals surface area contributed by atoms with Crippen molar-refractivity contribution in [3.63, 3.8) is 0 Å². The first-order chi connectivity index (χ1) is 11.1. The molecular weight excluding hydrogens is 314 g/mol. The molecule has 0 heterocycles. The summed E-state index contributed by atoms with van der Waals surface area (Å²) < 4.78 is 0. The van der Waals surface area contributed by atoms with E-state index < -0.39 is 18.1 Å². The molecule has 2 rings (SSSR count). The van der Waals surface area contributed by atoms with Gasteiger partial charge in [0.1, 0.15) is 6.10 Å². The van der Waals surface area contributed by atoms with Gasteiger partial charge in [0.15, 0.2) is 0 Å². The van der Waals surface area contributed by atoms with Crippen LogP contribution in [-0.4, -0.2) is 23.2 Å². The normalized spacial score (nSPS) is 18.4. The van der Waals surface area contributed by atoms with Crippen molar-refractivity contribution in [2.75, 3.05) is 0 Å². The van der Waals surface area contributed by atoms with Crippen molar-refractivity contribution in [1.29, 1.82) is 0 Å². The number of rotatable bonds is 7. The summed E-state index contributed by atoms with van der Waals surface area (Å²) in [6.07, 6.45) is 5.53. The number of halogens is 1. The minimum Gasteiger partial charge on any atom is -0.382 e. The summed E-state index contributed by atoms with van der Waals surface area (Å²) in [6, 6.07) is 6.82. The number of aliphatic hydroxyl groups is 1. The zero-order valence-electron chi connectivity index (χ0n) is 13.3. The van der Waals surface area contributed by atoms with Gasteiger partial charge in [-0.15, -0.1) is 0 Å². The first-order valence-corrected chi connectivity index (χ1v) is 8.65. The van der Waals surface area contributed by atoms with Crippen molar-refractivity contribution in [3.05, 3.63) is 34.9 Å². The van der Waals surface area contributed by atoms with Gasteiger partial charge in [-0.1, -0.05) is 55.8 Å². The van der Waals surface area contributed by atoms with Crippen LogP contribution in [0.4, 0.5) is 0 Å². The van der Waals surface area contributed by atoms with E-state index in [1.807, 2.05) is 18.2 Å². The first kappa shape index (κ1) is 18.2. The fraction of sp³-hybridized carbons (Fsp3) is 0.588. The number of hydrogen-bond acceptors (Lipinski definition) is 4. The fourth-order valence-corrected chi connectivity index (χ4v) is 3.30. The highest BCUT2D eigenvalue weighted by Crippen LogP contribution is 2.27. The smallest absolute Gasteiger partial charge is 0.264 e. The number of amides is 1. The lowest BCUT2D eigenvalue weighted by atomic mass is 9.84. The number of carbonyl (C=O) groups excluding carboxylic acids is 1. The fourth-order valence-electron chi connectivity index (χ4n) is 3.09. The molecule has 23 heavy (non-hydrogen) atoms. The number of nitrogens with one attached hydrogen (secondary N) is 2. The lowest BCUT2D eigenvalue weighted by Gasteiger charge is -2.26. The van der Waals surface area contributed by atoms with Gasteiger partial charge in [0.05, 0.1) is 0 Å². The second-order valence-electron chi connectivity index (χ2n) is 6.32. The monoisotopic (exact) mass is 339 g/mol. The van der Waals surface area contributed by atoms with Crippen LogP contribution >= 0.6 is 11.6 Å². The molecule has 6 heteroatoms. The van der Waals surface area contributed by atoms with E-state index >= 15 is 0 Å². The Hall–Kier alpha value is -1.14. The Bertz CT molecular complexity index is 506. The van der Waals surface area contributed by atoms with Crippen LogP contribution in [0, 0.1) is 5.92 Å². The maximum atomic E-state index is 12.0. The Labute approximate surface area is 142 Å². The van der Waals surface area contributed by atoms with Gasteiger partial charge in [-0.2, -0.15) is 0 Å². The van der Waals surface area contributed by atoms with Gasteiger partial charge in [-0.25, -0.2) is 5.43 Å². The second-order valence-corrected chi connectivity index (χ2v) is 6.76. The minimum atomic E-state index is -1.19. The molecule has 1 aromatic carbocycles. The second kappa shape index (κ2) is 9.23. The molecule has 0 bridgehead atoms. The van der Waals surface area contributed by atoms with Gasteiger partial charge in [0.25, 0.3) is 5.91 Å². The van der Waals surface area contributed by atoms with Gasteiger partial charge in [0.2, 0.25) is 0 Å². The Morgan fingerprint density at radius 2 is 2.09 bits per heavy atom. The van der Waals surface area contributed by atoms with Gasteiger partial charge in [-0.3, -0.25) is 10.2 Å². The zero-order chi connectivity index (χ0) is 16.7. The summed E-state index contributed by atoms with van der Waals surface area (Å²) in [5.74, 6) is 0.0379. The van der Waals surface area contributed by atoms with Crippen molar-refractivity contribution in [1.82, 2.24) is 10.9 Å². The molecule has 1 aliphatic rings. The Morgan fingerprint density at radius 1 is 1.35 bits per heavy atom. The van der Waals surface area contributed by atoms with E-state index in [2.05, 4.69) is 10.9 Å². The van der Waals surface area contributed by atoms with E-state index in [4.69, 9.17) is 17.3 Å². The molecule has 5 nitrogen and oxygen atoms in total. The van der Waals surface area contributed by atoms with E-state index in [0.717, 1.165) is 18.4 Å². The first-order valence-electron chi connectivity index (χ1n) is 8.27. The molecule has 1 amide bonds. The summed E-state index contributed by atoms with van der Waals surface area (Å²) in [6.45, 7) is 0.427. The molecule has 1 aliphatic carbocycles. The van der Waals surface area contributed by atoms with Crippen LogP contribution in [0.5, 0.6) is 0 Å². The summed E-state index contributed by atoms with van der Waals surface area (Å²) in [4.78, 5) is 12.0. The highest BCUT2D eigenvalue weighted by Gasteiger charge is 2.26. The molecule has 1 fully saturated rings. The number of benzene rings is 1. The number of nitrogens with two attached hydrogens (primary N) is 1. The van der Waals surface area contributed by atoms with E-state index in [9.17, 15) is 9.90 Å². The maximum Gasteiger partial charge on any atom is 0.264 e. The molecule has 0 radical (unpaired) electrons. The number of hydrogen-bond donors (Lipinski definition) is 4. The predicted octanol–water partition coefficient (Wildman–Crippen LogP) is 2.12. The Kier molecular flexibility index (Phi) is 7.30. The van der Waals surface area contributed by atoms with E-state index in [0.29, 0.717) is 23.9 Å². The molecule has 2 atom stereocenters. The van der Waals surface area contributed by atoms with E-state index in [1.54, 1.807) is 6.07 Å². The zero-order valence-corrected chi connectivity index (χ0v) is 14.1. The molecule has 1 aromatic rings. The predicted molar refractivity (Wildman–Crippen MR) is 91.6 cm³/mol. The molecule has 128 valence electrons. The molecule has 0 spiro atoms. The van der Waals surface area contributed by atoms with Crippen molar-refractivity contribution in [3.8, 4) is 0 Å². The Morgan fingerprint density at radius 3 is 2.78 bits per heavy atom. The number of aliphatic hydroxyl groups excluding tert-OH is 1. The molecule has 0 aromatic heterocycles. The van der Waals surface area contributed by atoms with Gasteiger partial charge in [0, 0.05) is 17.6 Å². The van der Waals surface area contributed by atoms with Gasteiger partial charge >= 0.3 is 0 Å². The van der Waals surface area contributed by atoms with Gasteiger partial charge in [-0.05, 0) is 30.0 Å². The van der Waals surface area contributed by atoms with Crippen molar-refractivity contribution in [2.24, 2.45) is 11.7 Å². The molecular formula is C17H26ClN3O2. The maximum absolute atomic E-state index is 12.0. The van der Waals surface area contributed by atoms with Crippen LogP contribution in [0.15, 0.2) is 24.3 Å².